The Morgan fingerprint density at radius 2 is 2.04 bits per heavy atom. The number of aromatic nitrogens is 1. The summed E-state index contributed by atoms with van der Waals surface area (Å²) in [6.07, 6.45) is 0. The Morgan fingerprint density at radius 1 is 1.25 bits per heavy atom. The monoisotopic (exact) mass is 393 g/mol. The number of rotatable bonds is 4. The van der Waals surface area contributed by atoms with Gasteiger partial charge in [-0.2, -0.15) is 0 Å². The molecular weight excluding hydrogens is 374 g/mol. The van der Waals surface area contributed by atoms with E-state index >= 15 is 0 Å². The van der Waals surface area contributed by atoms with Crippen LogP contribution in [0.2, 0.25) is 0 Å². The predicted molar refractivity (Wildman–Crippen MR) is 110 cm³/mol. The number of carbonyl (C=O) groups excluding carboxylic acids is 2. The lowest BCUT2D eigenvalue weighted by Gasteiger charge is -2.28. The highest BCUT2D eigenvalue weighted by atomic mass is 32.1. The second kappa shape index (κ2) is 7.44. The molecule has 0 saturated carbocycles. The number of nitrogens with one attached hydrogen (secondary N) is 1. The van der Waals surface area contributed by atoms with Crippen molar-refractivity contribution in [3.8, 4) is 17.0 Å². The highest BCUT2D eigenvalue weighted by Gasteiger charge is 2.24. The van der Waals surface area contributed by atoms with Gasteiger partial charge < -0.3 is 9.64 Å². The first-order chi connectivity index (χ1) is 13.5. The summed E-state index contributed by atoms with van der Waals surface area (Å²) in [5.74, 6) is 0.437. The van der Waals surface area contributed by atoms with E-state index in [1.807, 2.05) is 49.6 Å². The Hall–Kier alpha value is -3.19. The maximum Gasteiger partial charge on any atom is 0.265 e. The van der Waals surface area contributed by atoms with Crippen LogP contribution in [0, 0.1) is 6.92 Å². The van der Waals surface area contributed by atoms with Crippen LogP contribution >= 0.6 is 11.3 Å². The van der Waals surface area contributed by atoms with E-state index in [0.29, 0.717) is 23.0 Å². The van der Waals surface area contributed by atoms with Gasteiger partial charge >= 0.3 is 0 Å². The van der Waals surface area contributed by atoms with Gasteiger partial charge in [0.15, 0.2) is 11.7 Å². The second-order valence-corrected chi connectivity index (χ2v) is 7.33. The van der Waals surface area contributed by atoms with Crippen LogP contribution in [0.15, 0.2) is 47.8 Å². The van der Waals surface area contributed by atoms with Crippen LogP contribution < -0.4 is 15.0 Å². The number of nitrogens with zero attached hydrogens (tertiary/aromatic N) is 2. The molecule has 2 amide bonds. The molecular formula is C21H19N3O3S. The van der Waals surface area contributed by atoms with E-state index in [4.69, 9.17) is 4.74 Å². The Balaban J connectivity index is 1.56. The van der Waals surface area contributed by atoms with Crippen LogP contribution in [0.25, 0.3) is 11.3 Å². The number of carbonyl (C=O) groups is 2. The fourth-order valence-corrected chi connectivity index (χ4v) is 3.76. The molecule has 0 fully saturated rings. The lowest BCUT2D eigenvalue weighted by atomic mass is 10.1. The Morgan fingerprint density at radius 3 is 2.79 bits per heavy atom. The number of thiazole rings is 1. The zero-order valence-electron chi connectivity index (χ0n) is 15.6. The molecule has 0 bridgehead atoms. The summed E-state index contributed by atoms with van der Waals surface area (Å²) in [5.41, 5.74) is 4.03. The van der Waals surface area contributed by atoms with Crippen molar-refractivity contribution in [1.82, 2.24) is 4.98 Å². The highest BCUT2D eigenvalue weighted by molar-refractivity contribution is 7.14. The van der Waals surface area contributed by atoms with Crippen LogP contribution in [0.5, 0.6) is 5.75 Å². The van der Waals surface area contributed by atoms with Gasteiger partial charge in [-0.25, -0.2) is 4.98 Å². The fourth-order valence-electron chi connectivity index (χ4n) is 3.05. The number of ether oxygens (including phenoxy) is 1. The van der Waals surface area contributed by atoms with E-state index in [0.717, 1.165) is 22.5 Å². The van der Waals surface area contributed by atoms with E-state index in [1.165, 1.54) is 11.3 Å². The Kier molecular flexibility index (Phi) is 4.83. The molecule has 142 valence electrons. The summed E-state index contributed by atoms with van der Waals surface area (Å²) in [5, 5.41) is 5.25. The molecule has 1 aliphatic heterocycles. The van der Waals surface area contributed by atoms with Crippen LogP contribution in [0.3, 0.4) is 0 Å². The number of anilines is 2. The van der Waals surface area contributed by atoms with Gasteiger partial charge in [-0.05, 0) is 44.2 Å². The zero-order valence-corrected chi connectivity index (χ0v) is 16.4. The quantitative estimate of drug-likeness (QED) is 0.724. The summed E-state index contributed by atoms with van der Waals surface area (Å²) in [7, 11) is 0. The van der Waals surface area contributed by atoms with Gasteiger partial charge in [-0.1, -0.05) is 17.7 Å². The largest absolute Gasteiger partial charge is 0.482 e. The van der Waals surface area contributed by atoms with E-state index in [9.17, 15) is 9.59 Å². The minimum atomic E-state index is -0.192. The molecule has 2 heterocycles. The van der Waals surface area contributed by atoms with Gasteiger partial charge in [0.05, 0.1) is 11.4 Å². The average Bonchev–Trinajstić information content (AvgIpc) is 3.16. The molecule has 0 spiro atoms. The van der Waals surface area contributed by atoms with Crippen molar-refractivity contribution in [1.29, 1.82) is 0 Å². The molecule has 7 heteroatoms. The highest BCUT2D eigenvalue weighted by Crippen LogP contribution is 2.36. The number of fused-ring (bicyclic) bond motifs is 1. The van der Waals surface area contributed by atoms with Crippen LogP contribution in [-0.4, -0.2) is 29.9 Å². The number of aryl methyl sites for hydroxylation is 1. The van der Waals surface area contributed by atoms with Gasteiger partial charge in [0.25, 0.3) is 11.8 Å². The van der Waals surface area contributed by atoms with Crippen molar-refractivity contribution in [3.63, 3.8) is 0 Å². The normalized spacial score (nSPS) is 13.1. The molecule has 1 N–H and O–H groups in total. The molecule has 1 aromatic heterocycles. The van der Waals surface area contributed by atoms with Gasteiger partial charge in [-0.15, -0.1) is 11.3 Å². The van der Waals surface area contributed by atoms with Crippen LogP contribution in [0.4, 0.5) is 10.8 Å². The molecule has 0 unspecified atom stereocenters. The third-order valence-corrected chi connectivity index (χ3v) is 5.31. The summed E-state index contributed by atoms with van der Waals surface area (Å²) in [4.78, 5) is 30.7. The number of likely N-dealkylation sites (N-methyl/N-ethyl adjacent to an activating group) is 1. The number of hydrogen-bond donors (Lipinski definition) is 1. The standard InChI is InChI=1S/C21H19N3O3S/c1-3-24-17-10-15(8-9-18(17)27-11-19(24)25)16-12-28-21(22-16)23-20(26)14-6-4-13(2)5-7-14/h4-10,12H,3,11H2,1-2H3,(H,22,23,26). The number of benzene rings is 2. The third-order valence-electron chi connectivity index (χ3n) is 4.55. The van der Waals surface area contributed by atoms with E-state index < -0.39 is 0 Å². The molecule has 4 rings (SSSR count). The van der Waals surface area contributed by atoms with Gasteiger partial charge in [-0.3, -0.25) is 14.9 Å². The lowest BCUT2D eigenvalue weighted by Crippen LogP contribution is -2.38. The molecule has 0 aliphatic carbocycles. The first-order valence-electron chi connectivity index (χ1n) is 8.96. The first-order valence-corrected chi connectivity index (χ1v) is 9.84. The topological polar surface area (TPSA) is 71.5 Å². The fraction of sp³-hybridized carbons (Fsp3) is 0.190. The summed E-state index contributed by atoms with van der Waals surface area (Å²) in [6, 6.07) is 13.0. The van der Waals surface area contributed by atoms with Gasteiger partial charge in [0, 0.05) is 23.1 Å². The van der Waals surface area contributed by atoms with E-state index in [2.05, 4.69) is 10.3 Å². The molecule has 0 atom stereocenters. The SMILES string of the molecule is CCN1C(=O)COc2ccc(-c3csc(NC(=O)c4ccc(C)cc4)n3)cc21. The minimum Gasteiger partial charge on any atom is -0.482 e. The number of amides is 2. The molecule has 3 aromatic rings. The molecule has 0 saturated heterocycles. The van der Waals surface area contributed by atoms with E-state index in [-0.39, 0.29) is 18.4 Å². The maximum absolute atomic E-state index is 12.4. The predicted octanol–water partition coefficient (Wildman–Crippen LogP) is 4.12. The maximum atomic E-state index is 12.4. The summed E-state index contributed by atoms with van der Waals surface area (Å²) >= 11 is 1.36. The van der Waals surface area contributed by atoms with Crippen molar-refractivity contribution in [2.75, 3.05) is 23.4 Å². The molecule has 6 nitrogen and oxygen atoms in total. The zero-order chi connectivity index (χ0) is 19.7. The summed E-state index contributed by atoms with van der Waals surface area (Å²) in [6.45, 7) is 4.55. The molecule has 0 radical (unpaired) electrons. The van der Waals surface area contributed by atoms with Crippen molar-refractivity contribution in [2.24, 2.45) is 0 Å². The molecule has 1 aliphatic rings. The smallest absolute Gasteiger partial charge is 0.265 e. The molecule has 28 heavy (non-hydrogen) atoms. The summed E-state index contributed by atoms with van der Waals surface area (Å²) < 4.78 is 5.51. The van der Waals surface area contributed by atoms with E-state index in [1.54, 1.807) is 17.0 Å². The van der Waals surface area contributed by atoms with Gasteiger partial charge in [0.2, 0.25) is 0 Å². The molecule has 2 aromatic carbocycles. The number of hydrogen-bond acceptors (Lipinski definition) is 5. The lowest BCUT2D eigenvalue weighted by molar-refractivity contribution is -0.121. The average molecular weight is 393 g/mol. The van der Waals surface area contributed by atoms with Crippen molar-refractivity contribution >= 4 is 34.0 Å². The Bertz CT molecular complexity index is 1040. The Labute approximate surface area is 166 Å². The van der Waals surface area contributed by atoms with Crippen LogP contribution in [0.1, 0.15) is 22.8 Å². The van der Waals surface area contributed by atoms with Crippen LogP contribution in [-0.2, 0) is 4.79 Å². The second-order valence-electron chi connectivity index (χ2n) is 6.47. The van der Waals surface area contributed by atoms with Crippen molar-refractivity contribution in [2.45, 2.75) is 13.8 Å². The van der Waals surface area contributed by atoms with Crippen molar-refractivity contribution < 1.29 is 14.3 Å². The van der Waals surface area contributed by atoms with Gasteiger partial charge in [0.1, 0.15) is 5.75 Å². The first kappa shape index (κ1) is 18.2. The minimum absolute atomic E-state index is 0.0588. The third kappa shape index (κ3) is 3.48. The van der Waals surface area contributed by atoms with Crippen molar-refractivity contribution in [3.05, 3.63) is 59.0 Å².